The van der Waals surface area contributed by atoms with E-state index in [1.165, 1.54) is 4.90 Å². The summed E-state index contributed by atoms with van der Waals surface area (Å²) >= 11 is 7.54. The summed E-state index contributed by atoms with van der Waals surface area (Å²) in [5, 5.41) is 0.753. The minimum Gasteiger partial charge on any atom is -0.337 e. The molecule has 0 fully saturated rings. The zero-order valence-electron chi connectivity index (χ0n) is 9.51. The Morgan fingerprint density at radius 2 is 2.12 bits per heavy atom. The molecule has 0 saturated carbocycles. The van der Waals surface area contributed by atoms with E-state index >= 15 is 0 Å². The lowest BCUT2D eigenvalue weighted by Crippen LogP contribution is -2.17. The monoisotopic (exact) mass is 267 g/mol. The van der Waals surface area contributed by atoms with Gasteiger partial charge in [0.2, 0.25) is 0 Å². The maximum atomic E-state index is 6.09. The first-order valence-corrected chi connectivity index (χ1v) is 6.64. The van der Waals surface area contributed by atoms with Gasteiger partial charge in [-0.05, 0) is 24.3 Å². The summed E-state index contributed by atoms with van der Waals surface area (Å²) in [4.78, 5) is 5.41. The quantitative estimate of drug-likeness (QED) is 0.867. The minimum absolute atomic E-state index is 0.0596. The van der Waals surface area contributed by atoms with Gasteiger partial charge in [0.05, 0.1) is 6.04 Å². The second-order valence-corrected chi connectivity index (χ2v) is 5.30. The molecule has 90 valence electrons. The van der Waals surface area contributed by atoms with E-state index in [0.29, 0.717) is 0 Å². The van der Waals surface area contributed by atoms with Crippen LogP contribution in [0.4, 0.5) is 0 Å². The highest BCUT2D eigenvalue weighted by Gasteiger charge is 2.10. The summed E-state index contributed by atoms with van der Waals surface area (Å²) in [5.74, 6) is 1.71. The van der Waals surface area contributed by atoms with Crippen LogP contribution in [0, 0.1) is 0 Å². The maximum absolute atomic E-state index is 6.09. The zero-order chi connectivity index (χ0) is 12.3. The number of hydrogen-bond donors (Lipinski definition) is 1. The Labute approximate surface area is 110 Å². The van der Waals surface area contributed by atoms with E-state index in [9.17, 15) is 0 Å². The highest BCUT2D eigenvalue weighted by Crippen LogP contribution is 2.23. The van der Waals surface area contributed by atoms with Crippen molar-refractivity contribution < 1.29 is 0 Å². The summed E-state index contributed by atoms with van der Waals surface area (Å²) in [6.45, 7) is 0. The molecule has 2 rings (SSSR count). The predicted molar refractivity (Wildman–Crippen MR) is 72.3 cm³/mol. The molecule has 1 atom stereocenters. The third-order valence-electron chi connectivity index (χ3n) is 2.43. The van der Waals surface area contributed by atoms with E-state index in [-0.39, 0.29) is 6.04 Å². The lowest BCUT2D eigenvalue weighted by atomic mass is 10.3. The third kappa shape index (κ3) is 3.25. The molecule has 0 radical (unpaired) electrons. The predicted octanol–water partition coefficient (Wildman–Crippen LogP) is 2.87. The number of rotatable bonds is 4. The van der Waals surface area contributed by atoms with Gasteiger partial charge in [-0.1, -0.05) is 11.6 Å². The first-order valence-electron chi connectivity index (χ1n) is 5.28. The van der Waals surface area contributed by atoms with E-state index in [4.69, 9.17) is 17.3 Å². The molecule has 0 spiro atoms. The minimum atomic E-state index is -0.0596. The Morgan fingerprint density at radius 3 is 2.71 bits per heavy atom. The van der Waals surface area contributed by atoms with Crippen molar-refractivity contribution in [2.45, 2.75) is 10.9 Å². The van der Waals surface area contributed by atoms with Crippen molar-refractivity contribution in [2.75, 3.05) is 5.75 Å². The van der Waals surface area contributed by atoms with Gasteiger partial charge in [-0.2, -0.15) is 0 Å². The number of halogens is 1. The van der Waals surface area contributed by atoms with Crippen molar-refractivity contribution in [3.63, 3.8) is 0 Å². The van der Waals surface area contributed by atoms with Gasteiger partial charge in [0, 0.05) is 35.1 Å². The van der Waals surface area contributed by atoms with E-state index in [1.54, 1.807) is 18.0 Å². The molecule has 1 heterocycles. The highest BCUT2D eigenvalue weighted by atomic mass is 35.5. The van der Waals surface area contributed by atoms with Gasteiger partial charge in [-0.25, -0.2) is 4.98 Å². The number of aromatic nitrogens is 2. The summed E-state index contributed by atoms with van der Waals surface area (Å²) < 4.78 is 1.95. The van der Waals surface area contributed by atoms with Gasteiger partial charge < -0.3 is 10.3 Å². The second kappa shape index (κ2) is 5.58. The van der Waals surface area contributed by atoms with Crippen LogP contribution in [0.2, 0.25) is 5.02 Å². The van der Waals surface area contributed by atoms with Crippen LogP contribution >= 0.6 is 23.4 Å². The molecule has 1 aromatic heterocycles. The van der Waals surface area contributed by atoms with Crippen molar-refractivity contribution in [1.29, 1.82) is 0 Å². The molecule has 17 heavy (non-hydrogen) atoms. The number of benzene rings is 1. The molecule has 0 aliphatic rings. The lowest BCUT2D eigenvalue weighted by Gasteiger charge is -2.11. The van der Waals surface area contributed by atoms with Crippen LogP contribution in [0.15, 0.2) is 41.6 Å². The molecule has 0 aliphatic carbocycles. The molecular weight excluding hydrogens is 254 g/mol. The van der Waals surface area contributed by atoms with Crippen LogP contribution in [0.1, 0.15) is 11.9 Å². The van der Waals surface area contributed by atoms with Gasteiger partial charge in [0.15, 0.2) is 0 Å². The van der Waals surface area contributed by atoms with E-state index in [0.717, 1.165) is 16.6 Å². The topological polar surface area (TPSA) is 43.8 Å². The number of thioether (sulfide) groups is 1. The fourth-order valence-corrected chi connectivity index (χ4v) is 2.50. The molecule has 1 aromatic carbocycles. The van der Waals surface area contributed by atoms with Crippen LogP contribution < -0.4 is 5.73 Å². The average Bonchev–Trinajstić information content (AvgIpc) is 2.74. The first kappa shape index (κ1) is 12.5. The Kier molecular flexibility index (Phi) is 4.10. The van der Waals surface area contributed by atoms with E-state index < -0.39 is 0 Å². The number of imidazole rings is 1. The Morgan fingerprint density at radius 1 is 1.41 bits per heavy atom. The Bertz CT molecular complexity index is 481. The van der Waals surface area contributed by atoms with Crippen LogP contribution in [-0.2, 0) is 7.05 Å². The van der Waals surface area contributed by atoms with Crippen molar-refractivity contribution in [3.05, 3.63) is 47.5 Å². The Hall–Kier alpha value is -0.970. The average molecular weight is 268 g/mol. The molecule has 2 aromatic rings. The molecule has 1 unspecified atom stereocenters. The highest BCUT2D eigenvalue weighted by molar-refractivity contribution is 7.99. The van der Waals surface area contributed by atoms with Crippen LogP contribution in [0.3, 0.4) is 0 Å². The zero-order valence-corrected chi connectivity index (χ0v) is 11.1. The largest absolute Gasteiger partial charge is 0.337 e. The number of aryl methyl sites for hydroxylation is 1. The molecule has 0 aliphatic heterocycles. The summed E-state index contributed by atoms with van der Waals surface area (Å²) in [6, 6.07) is 7.71. The van der Waals surface area contributed by atoms with E-state index in [1.807, 2.05) is 42.1 Å². The number of nitrogens with zero attached hydrogens (tertiary/aromatic N) is 2. The number of nitrogens with two attached hydrogens (primary N) is 1. The van der Waals surface area contributed by atoms with Gasteiger partial charge in [-0.15, -0.1) is 11.8 Å². The first-order chi connectivity index (χ1) is 8.16. The van der Waals surface area contributed by atoms with Crippen molar-refractivity contribution in [2.24, 2.45) is 12.8 Å². The second-order valence-electron chi connectivity index (χ2n) is 3.77. The normalized spacial score (nSPS) is 12.6. The van der Waals surface area contributed by atoms with Crippen LogP contribution in [0.5, 0.6) is 0 Å². The molecule has 2 N–H and O–H groups in total. The lowest BCUT2D eigenvalue weighted by molar-refractivity contribution is 0.694. The smallest absolute Gasteiger partial charge is 0.126 e. The van der Waals surface area contributed by atoms with Crippen molar-refractivity contribution in [1.82, 2.24) is 9.55 Å². The van der Waals surface area contributed by atoms with Crippen LogP contribution in [-0.4, -0.2) is 15.3 Å². The van der Waals surface area contributed by atoms with Crippen LogP contribution in [0.25, 0.3) is 0 Å². The summed E-state index contributed by atoms with van der Waals surface area (Å²) in [5.41, 5.74) is 6.09. The van der Waals surface area contributed by atoms with Gasteiger partial charge in [0.1, 0.15) is 5.82 Å². The van der Waals surface area contributed by atoms with Gasteiger partial charge in [0.25, 0.3) is 0 Å². The molecule has 0 bridgehead atoms. The molecule has 5 heteroatoms. The molecule has 3 nitrogen and oxygen atoms in total. The molecule has 0 amide bonds. The molecular formula is C12H14ClN3S. The van der Waals surface area contributed by atoms with Crippen molar-refractivity contribution in [3.8, 4) is 0 Å². The SMILES string of the molecule is Cn1ccnc1C(N)CSc1ccc(Cl)cc1. The van der Waals surface area contributed by atoms with Crippen molar-refractivity contribution >= 4 is 23.4 Å². The standard InChI is InChI=1S/C12H14ClN3S/c1-16-7-6-15-12(16)11(14)8-17-10-4-2-9(13)3-5-10/h2-7,11H,8,14H2,1H3. The van der Waals surface area contributed by atoms with E-state index in [2.05, 4.69) is 4.98 Å². The summed E-state index contributed by atoms with van der Waals surface area (Å²) in [7, 11) is 1.95. The fourth-order valence-electron chi connectivity index (χ4n) is 1.53. The Balaban J connectivity index is 1.94. The van der Waals surface area contributed by atoms with Gasteiger partial charge in [-0.3, -0.25) is 0 Å². The summed E-state index contributed by atoms with van der Waals surface area (Å²) in [6.07, 6.45) is 3.67. The van der Waals surface area contributed by atoms with Gasteiger partial charge >= 0.3 is 0 Å². The number of hydrogen-bond acceptors (Lipinski definition) is 3. The molecule has 0 saturated heterocycles. The fraction of sp³-hybridized carbons (Fsp3) is 0.250. The third-order valence-corrected chi connectivity index (χ3v) is 3.82. The maximum Gasteiger partial charge on any atom is 0.126 e.